The summed E-state index contributed by atoms with van der Waals surface area (Å²) in [4.78, 5) is 82.6. The van der Waals surface area contributed by atoms with Crippen molar-refractivity contribution in [2.24, 2.45) is 0 Å². The molecule has 0 atom stereocenters. The summed E-state index contributed by atoms with van der Waals surface area (Å²) in [6.07, 6.45) is -0.413. The van der Waals surface area contributed by atoms with Crippen LogP contribution in [0.15, 0.2) is 0 Å². The van der Waals surface area contributed by atoms with Gasteiger partial charge in [-0.15, -0.1) is 0 Å². The largest absolute Gasteiger partial charge is 0.466 e. The zero-order valence-electron chi connectivity index (χ0n) is 23.1. The van der Waals surface area contributed by atoms with Gasteiger partial charge in [0.25, 0.3) is 0 Å². The Morgan fingerprint density at radius 2 is 0.514 bits per heavy atom. The summed E-state index contributed by atoms with van der Waals surface area (Å²) in [5, 5.41) is 0. The van der Waals surface area contributed by atoms with Crippen molar-refractivity contribution >= 4 is 47.0 Å². The van der Waals surface area contributed by atoms with Crippen molar-refractivity contribution in [1.82, 2.24) is 0 Å². The predicted molar refractivity (Wildman–Crippen MR) is 128 cm³/mol. The van der Waals surface area contributed by atoms with Crippen LogP contribution in [0.5, 0.6) is 0 Å². The van der Waals surface area contributed by atoms with Crippen LogP contribution in [0.3, 0.4) is 0 Å². The fraction of sp³-hybridized carbons (Fsp3) is 0.667. The van der Waals surface area contributed by atoms with Gasteiger partial charge >= 0.3 is 23.9 Å². The van der Waals surface area contributed by atoms with Crippen molar-refractivity contribution in [1.29, 1.82) is 0 Å². The molecular formula is C24H40O12Zr. The van der Waals surface area contributed by atoms with Crippen molar-refractivity contribution in [2.75, 3.05) is 26.4 Å². The Balaban J connectivity index is -0.000000122. The van der Waals surface area contributed by atoms with Gasteiger partial charge in [0, 0.05) is 26.2 Å². The topological polar surface area (TPSA) is 173 Å². The molecule has 0 aliphatic carbocycles. The molecule has 0 heterocycles. The van der Waals surface area contributed by atoms with Crippen LogP contribution >= 0.6 is 0 Å². The SMILES string of the molecule is CCOC(=O)CC(C)=O.CCOC(=O)CC(C)=O.CCOC(=O)CC(C)=O.CCOC(=O)CC(C)=O.[Zr]. The van der Waals surface area contributed by atoms with E-state index in [4.69, 9.17) is 0 Å². The van der Waals surface area contributed by atoms with Crippen LogP contribution in [0.4, 0.5) is 0 Å². The zero-order chi connectivity index (χ0) is 29.1. The van der Waals surface area contributed by atoms with E-state index in [1.54, 1.807) is 27.7 Å². The summed E-state index contributed by atoms with van der Waals surface area (Å²) >= 11 is 0. The molecule has 0 saturated heterocycles. The number of rotatable bonds is 12. The van der Waals surface area contributed by atoms with Crippen molar-refractivity contribution in [3.8, 4) is 0 Å². The molecule has 0 saturated carbocycles. The number of ketones is 4. The maximum atomic E-state index is 10.4. The minimum Gasteiger partial charge on any atom is -0.466 e. The van der Waals surface area contributed by atoms with Gasteiger partial charge in [-0.2, -0.15) is 0 Å². The number of hydrogen-bond acceptors (Lipinski definition) is 12. The van der Waals surface area contributed by atoms with Crippen LogP contribution in [0.1, 0.15) is 81.1 Å². The standard InChI is InChI=1S/4C6H10O3.Zr/c4*1-3-9-6(8)4-5(2)7;/h4*3-4H2,1-2H3;. The molecule has 0 aliphatic heterocycles. The number of esters is 4. The first kappa shape index (κ1) is 44.4. The monoisotopic (exact) mass is 610 g/mol. The van der Waals surface area contributed by atoms with E-state index in [9.17, 15) is 38.4 Å². The minimum atomic E-state index is -0.440. The molecular weight excluding hydrogens is 571 g/mol. The molecule has 37 heavy (non-hydrogen) atoms. The van der Waals surface area contributed by atoms with Crippen LogP contribution in [-0.4, -0.2) is 73.4 Å². The van der Waals surface area contributed by atoms with Gasteiger partial charge in [-0.25, -0.2) is 0 Å². The molecule has 0 rings (SSSR count). The predicted octanol–water partition coefficient (Wildman–Crippen LogP) is 2.11. The Hall–Kier alpha value is -2.56. The van der Waals surface area contributed by atoms with Crippen LogP contribution in [-0.2, 0) is 83.5 Å². The van der Waals surface area contributed by atoms with Gasteiger partial charge < -0.3 is 18.9 Å². The Morgan fingerprint density at radius 3 is 0.595 bits per heavy atom. The van der Waals surface area contributed by atoms with Gasteiger partial charge in [0.15, 0.2) is 0 Å². The summed E-state index contributed by atoms with van der Waals surface area (Å²) in [5.41, 5.74) is 0. The van der Waals surface area contributed by atoms with Gasteiger partial charge in [0.2, 0.25) is 0 Å². The molecule has 13 heteroatoms. The van der Waals surface area contributed by atoms with Crippen molar-refractivity contribution in [3.05, 3.63) is 0 Å². The first-order chi connectivity index (χ1) is 16.7. The van der Waals surface area contributed by atoms with Crippen LogP contribution in [0.2, 0.25) is 0 Å². The molecule has 0 aromatic heterocycles. The van der Waals surface area contributed by atoms with Gasteiger partial charge in [0.05, 0.1) is 26.4 Å². The average Bonchev–Trinajstić information content (AvgIpc) is 2.68. The molecule has 0 unspecified atom stereocenters. The van der Waals surface area contributed by atoms with E-state index in [0.29, 0.717) is 26.4 Å². The normalized spacial score (nSPS) is 8.43. The van der Waals surface area contributed by atoms with Crippen LogP contribution < -0.4 is 0 Å². The Bertz CT molecular complexity index is 597. The molecule has 0 aromatic rings. The second-order valence-electron chi connectivity index (χ2n) is 6.74. The molecule has 0 aromatic carbocycles. The number of hydrogen-bond donors (Lipinski definition) is 0. The maximum absolute atomic E-state index is 10.4. The second-order valence-corrected chi connectivity index (χ2v) is 6.74. The summed E-state index contributed by atoms with van der Waals surface area (Å²) in [6, 6.07) is 0. The van der Waals surface area contributed by atoms with Gasteiger partial charge in [-0.1, -0.05) is 0 Å². The van der Waals surface area contributed by atoms with Crippen LogP contribution in [0.25, 0.3) is 0 Å². The maximum Gasteiger partial charge on any atom is 0.313 e. The molecule has 212 valence electrons. The third-order valence-corrected chi connectivity index (χ3v) is 2.79. The summed E-state index contributed by atoms with van der Waals surface area (Å²) < 4.78 is 18.0. The van der Waals surface area contributed by atoms with E-state index in [1.807, 2.05) is 0 Å². The first-order valence-electron chi connectivity index (χ1n) is 11.3. The summed E-state index contributed by atoms with van der Waals surface area (Å²) in [7, 11) is 0. The van der Waals surface area contributed by atoms with E-state index in [0.717, 1.165) is 0 Å². The van der Waals surface area contributed by atoms with E-state index in [-0.39, 0.29) is 75.0 Å². The van der Waals surface area contributed by atoms with E-state index in [2.05, 4.69) is 18.9 Å². The van der Waals surface area contributed by atoms with Crippen LogP contribution in [0, 0.1) is 0 Å². The van der Waals surface area contributed by atoms with Crippen molar-refractivity contribution in [2.45, 2.75) is 81.1 Å². The molecule has 0 radical (unpaired) electrons. The molecule has 0 N–H and O–H groups in total. The number of Topliss-reactive ketones (excluding diaryl/α,β-unsaturated/α-hetero) is 4. The number of carbonyl (C=O) groups is 8. The van der Waals surface area contributed by atoms with E-state index >= 15 is 0 Å². The Labute approximate surface area is 237 Å². The van der Waals surface area contributed by atoms with Gasteiger partial charge in [-0.05, 0) is 55.4 Å². The molecule has 12 nitrogen and oxygen atoms in total. The van der Waals surface area contributed by atoms with E-state index < -0.39 is 23.9 Å². The number of ether oxygens (including phenoxy) is 4. The molecule has 0 spiro atoms. The summed E-state index contributed by atoms with van der Waals surface area (Å²) in [6.45, 7) is 13.6. The Kier molecular flexibility index (Phi) is 37.8. The molecule has 0 fully saturated rings. The van der Waals surface area contributed by atoms with Gasteiger partial charge in [-0.3, -0.25) is 38.4 Å². The van der Waals surface area contributed by atoms with Crippen molar-refractivity contribution < 1.29 is 83.5 Å². The number of carbonyl (C=O) groups excluding carboxylic acids is 8. The first-order valence-corrected chi connectivity index (χ1v) is 11.3. The third-order valence-electron chi connectivity index (χ3n) is 2.79. The fourth-order valence-corrected chi connectivity index (χ4v) is 1.66. The smallest absolute Gasteiger partial charge is 0.313 e. The molecule has 0 amide bonds. The molecule has 0 aliphatic rings. The zero-order valence-corrected chi connectivity index (χ0v) is 25.5. The second kappa shape index (κ2) is 31.5. The molecule has 0 bridgehead atoms. The third kappa shape index (κ3) is 51.1. The van der Waals surface area contributed by atoms with Crippen molar-refractivity contribution in [3.63, 3.8) is 0 Å². The Morgan fingerprint density at radius 1 is 0.378 bits per heavy atom. The minimum absolute atomic E-state index is 0. The van der Waals surface area contributed by atoms with E-state index in [1.165, 1.54) is 27.7 Å². The average molecular weight is 612 g/mol. The van der Waals surface area contributed by atoms with Gasteiger partial charge in [0.1, 0.15) is 48.8 Å². The summed E-state index contributed by atoms with van der Waals surface area (Å²) in [5.74, 6) is -2.39. The fourth-order valence-electron chi connectivity index (χ4n) is 1.66. The quantitative estimate of drug-likeness (QED) is 0.179.